The van der Waals surface area contributed by atoms with Gasteiger partial charge in [0.15, 0.2) is 0 Å². The summed E-state index contributed by atoms with van der Waals surface area (Å²) in [5.74, 6) is 1.15. The molecule has 1 rings (SSSR count). The highest BCUT2D eigenvalue weighted by atomic mass is 16.1. The Morgan fingerprint density at radius 2 is 2.33 bits per heavy atom. The topological polar surface area (TPSA) is 20.3 Å². The average Bonchev–Trinajstić information content (AvgIpc) is 2.49. The first-order chi connectivity index (χ1) is 5.65. The molecule has 2 nitrogen and oxygen atoms in total. The molecule has 12 heavy (non-hydrogen) atoms. The zero-order chi connectivity index (χ0) is 9.14. The third-order valence-corrected chi connectivity index (χ3v) is 2.82. The van der Waals surface area contributed by atoms with Crippen LogP contribution in [0.5, 0.6) is 0 Å². The van der Waals surface area contributed by atoms with Crippen LogP contribution in [0.2, 0.25) is 0 Å². The first-order valence-corrected chi connectivity index (χ1v) is 4.92. The van der Waals surface area contributed by atoms with Gasteiger partial charge < -0.3 is 0 Å². The molecule has 1 aliphatic rings. The van der Waals surface area contributed by atoms with Crippen LogP contribution in [0.15, 0.2) is 0 Å². The lowest BCUT2D eigenvalue weighted by molar-refractivity contribution is -0.123. The standard InChI is InChI=1S/C10H19NO/c1-4-10(12)9(3)11-6-5-8(2)7-11/h8-9H,4-7H2,1-3H3. The monoisotopic (exact) mass is 169 g/mol. The number of rotatable bonds is 3. The summed E-state index contributed by atoms with van der Waals surface area (Å²) in [7, 11) is 0. The summed E-state index contributed by atoms with van der Waals surface area (Å²) in [6.07, 6.45) is 1.92. The summed E-state index contributed by atoms with van der Waals surface area (Å²) in [4.78, 5) is 13.7. The maximum absolute atomic E-state index is 11.4. The molecule has 2 atom stereocenters. The molecule has 0 saturated carbocycles. The van der Waals surface area contributed by atoms with Gasteiger partial charge in [-0.2, -0.15) is 0 Å². The summed E-state index contributed by atoms with van der Waals surface area (Å²) in [6.45, 7) is 8.44. The summed E-state index contributed by atoms with van der Waals surface area (Å²) in [6, 6.07) is 0.153. The molecule has 70 valence electrons. The van der Waals surface area contributed by atoms with Crippen LogP contribution in [0.1, 0.15) is 33.6 Å². The zero-order valence-electron chi connectivity index (χ0n) is 8.34. The van der Waals surface area contributed by atoms with Crippen molar-refractivity contribution >= 4 is 5.78 Å². The lowest BCUT2D eigenvalue weighted by Crippen LogP contribution is -2.36. The Morgan fingerprint density at radius 1 is 1.67 bits per heavy atom. The van der Waals surface area contributed by atoms with Crippen LogP contribution in [-0.4, -0.2) is 29.8 Å². The summed E-state index contributed by atoms with van der Waals surface area (Å²) < 4.78 is 0. The first-order valence-electron chi connectivity index (χ1n) is 4.92. The van der Waals surface area contributed by atoms with Crippen molar-refractivity contribution in [2.75, 3.05) is 13.1 Å². The van der Waals surface area contributed by atoms with E-state index in [-0.39, 0.29) is 6.04 Å². The molecule has 0 aromatic carbocycles. The largest absolute Gasteiger partial charge is 0.298 e. The molecular formula is C10H19NO. The van der Waals surface area contributed by atoms with Gasteiger partial charge in [0.2, 0.25) is 0 Å². The third kappa shape index (κ3) is 2.07. The summed E-state index contributed by atoms with van der Waals surface area (Å²) >= 11 is 0. The van der Waals surface area contributed by atoms with Gasteiger partial charge in [0, 0.05) is 13.0 Å². The van der Waals surface area contributed by atoms with E-state index >= 15 is 0 Å². The molecular weight excluding hydrogens is 150 g/mol. The maximum Gasteiger partial charge on any atom is 0.149 e. The van der Waals surface area contributed by atoms with Crippen LogP contribution in [0.25, 0.3) is 0 Å². The van der Waals surface area contributed by atoms with Gasteiger partial charge in [0.25, 0.3) is 0 Å². The average molecular weight is 169 g/mol. The van der Waals surface area contributed by atoms with Crippen molar-refractivity contribution in [1.82, 2.24) is 4.90 Å². The van der Waals surface area contributed by atoms with Gasteiger partial charge in [0.1, 0.15) is 5.78 Å². The maximum atomic E-state index is 11.4. The van der Waals surface area contributed by atoms with Crippen molar-refractivity contribution in [2.24, 2.45) is 5.92 Å². The molecule has 0 aliphatic carbocycles. The van der Waals surface area contributed by atoms with E-state index in [4.69, 9.17) is 0 Å². The Balaban J connectivity index is 2.42. The number of carbonyl (C=O) groups excluding carboxylic acids is 1. The Labute approximate surface area is 74.9 Å². The fraction of sp³-hybridized carbons (Fsp3) is 0.900. The number of nitrogens with zero attached hydrogens (tertiary/aromatic N) is 1. The van der Waals surface area contributed by atoms with E-state index in [0.29, 0.717) is 12.2 Å². The third-order valence-electron chi connectivity index (χ3n) is 2.82. The Hall–Kier alpha value is -0.370. The summed E-state index contributed by atoms with van der Waals surface area (Å²) in [5.41, 5.74) is 0. The molecule has 1 aliphatic heterocycles. The van der Waals surface area contributed by atoms with Crippen LogP contribution in [0, 0.1) is 5.92 Å². The molecule has 2 heteroatoms. The molecule has 2 unspecified atom stereocenters. The lowest BCUT2D eigenvalue weighted by Gasteiger charge is -2.22. The van der Waals surface area contributed by atoms with Gasteiger partial charge in [-0.25, -0.2) is 0 Å². The van der Waals surface area contributed by atoms with Gasteiger partial charge in [-0.1, -0.05) is 13.8 Å². The Bertz CT molecular complexity index is 167. The molecule has 0 amide bonds. The number of Topliss-reactive ketones (excluding diaryl/α,β-unsaturated/α-hetero) is 1. The van der Waals surface area contributed by atoms with E-state index in [0.717, 1.165) is 19.0 Å². The van der Waals surface area contributed by atoms with Gasteiger partial charge in [0.05, 0.1) is 6.04 Å². The highest BCUT2D eigenvalue weighted by Crippen LogP contribution is 2.18. The highest BCUT2D eigenvalue weighted by molar-refractivity contribution is 5.83. The molecule has 0 aromatic heterocycles. The molecule has 0 radical (unpaired) electrons. The van der Waals surface area contributed by atoms with Crippen molar-refractivity contribution < 1.29 is 4.79 Å². The van der Waals surface area contributed by atoms with Crippen molar-refractivity contribution in [1.29, 1.82) is 0 Å². The quantitative estimate of drug-likeness (QED) is 0.641. The van der Waals surface area contributed by atoms with Gasteiger partial charge in [-0.15, -0.1) is 0 Å². The minimum atomic E-state index is 0.153. The van der Waals surface area contributed by atoms with Crippen molar-refractivity contribution in [3.8, 4) is 0 Å². The van der Waals surface area contributed by atoms with Gasteiger partial charge in [-0.05, 0) is 25.8 Å². The number of hydrogen-bond acceptors (Lipinski definition) is 2. The van der Waals surface area contributed by atoms with Crippen LogP contribution in [0.4, 0.5) is 0 Å². The van der Waals surface area contributed by atoms with Crippen molar-refractivity contribution in [3.63, 3.8) is 0 Å². The SMILES string of the molecule is CCC(=O)C(C)N1CCC(C)C1. The molecule has 1 heterocycles. The smallest absolute Gasteiger partial charge is 0.149 e. The van der Waals surface area contributed by atoms with Crippen LogP contribution in [0.3, 0.4) is 0 Å². The van der Waals surface area contributed by atoms with Crippen LogP contribution < -0.4 is 0 Å². The summed E-state index contributed by atoms with van der Waals surface area (Å²) in [5, 5.41) is 0. The molecule has 1 saturated heterocycles. The Morgan fingerprint density at radius 3 is 2.75 bits per heavy atom. The predicted molar refractivity (Wildman–Crippen MR) is 50.1 cm³/mol. The number of ketones is 1. The molecule has 0 N–H and O–H groups in total. The fourth-order valence-corrected chi connectivity index (χ4v) is 1.82. The second kappa shape index (κ2) is 4.04. The molecule has 1 fully saturated rings. The Kier molecular flexibility index (Phi) is 3.27. The second-order valence-corrected chi connectivity index (χ2v) is 3.88. The van der Waals surface area contributed by atoms with Crippen molar-refractivity contribution in [3.05, 3.63) is 0 Å². The van der Waals surface area contributed by atoms with Gasteiger partial charge >= 0.3 is 0 Å². The number of likely N-dealkylation sites (tertiary alicyclic amines) is 1. The van der Waals surface area contributed by atoms with Crippen LogP contribution in [-0.2, 0) is 4.79 Å². The predicted octanol–water partition coefficient (Wildman–Crippen LogP) is 1.70. The minimum absolute atomic E-state index is 0.153. The first kappa shape index (κ1) is 9.72. The minimum Gasteiger partial charge on any atom is -0.298 e. The number of hydrogen-bond donors (Lipinski definition) is 0. The zero-order valence-corrected chi connectivity index (χ0v) is 8.34. The normalized spacial score (nSPS) is 27.4. The number of carbonyl (C=O) groups is 1. The van der Waals surface area contributed by atoms with E-state index in [2.05, 4.69) is 11.8 Å². The lowest BCUT2D eigenvalue weighted by atomic mass is 10.1. The van der Waals surface area contributed by atoms with E-state index in [1.807, 2.05) is 13.8 Å². The highest BCUT2D eigenvalue weighted by Gasteiger charge is 2.25. The van der Waals surface area contributed by atoms with E-state index in [9.17, 15) is 4.79 Å². The fourth-order valence-electron chi connectivity index (χ4n) is 1.82. The van der Waals surface area contributed by atoms with Crippen LogP contribution >= 0.6 is 0 Å². The molecule has 0 aromatic rings. The van der Waals surface area contributed by atoms with E-state index in [1.165, 1.54) is 6.42 Å². The van der Waals surface area contributed by atoms with E-state index in [1.54, 1.807) is 0 Å². The molecule has 0 bridgehead atoms. The van der Waals surface area contributed by atoms with E-state index < -0.39 is 0 Å². The van der Waals surface area contributed by atoms with Crippen molar-refractivity contribution in [2.45, 2.75) is 39.7 Å². The second-order valence-electron chi connectivity index (χ2n) is 3.88. The molecule has 0 spiro atoms. The van der Waals surface area contributed by atoms with Gasteiger partial charge in [-0.3, -0.25) is 9.69 Å².